The number of carbonyl (C=O) groups is 1. The Hall–Kier alpha value is -2.63. The third kappa shape index (κ3) is 3.32. The number of para-hydroxylation sites is 1. The molecule has 0 saturated heterocycles. The maximum atomic E-state index is 11.5. The molecule has 6 heteroatoms. The normalized spacial score (nSPS) is 14.1. The van der Waals surface area contributed by atoms with Crippen LogP contribution in [0.1, 0.15) is 25.8 Å². The van der Waals surface area contributed by atoms with Crippen molar-refractivity contribution in [2.75, 3.05) is 11.9 Å². The first-order valence-corrected chi connectivity index (χ1v) is 8.11. The molecule has 3 rings (SSSR count). The van der Waals surface area contributed by atoms with Gasteiger partial charge in [-0.25, -0.2) is 14.8 Å². The number of carboxylic acids is 1. The number of aliphatic carboxylic acids is 1. The number of hydrogen-bond donors (Lipinski definition) is 2. The fraction of sp³-hybridized carbons (Fsp3) is 0.389. The molecule has 1 unspecified atom stereocenters. The van der Waals surface area contributed by atoms with Crippen LogP contribution in [-0.4, -0.2) is 33.7 Å². The van der Waals surface area contributed by atoms with E-state index in [1.807, 2.05) is 38.1 Å². The van der Waals surface area contributed by atoms with Gasteiger partial charge in [0.25, 0.3) is 0 Å². The minimum Gasteiger partial charge on any atom is -0.493 e. The van der Waals surface area contributed by atoms with Crippen LogP contribution in [0.25, 0.3) is 11.3 Å². The highest BCUT2D eigenvalue weighted by molar-refractivity contribution is 5.79. The Bertz CT molecular complexity index is 746. The average molecular weight is 327 g/mol. The maximum absolute atomic E-state index is 11.5. The van der Waals surface area contributed by atoms with E-state index in [-0.39, 0.29) is 5.92 Å². The van der Waals surface area contributed by atoms with Crippen LogP contribution >= 0.6 is 0 Å². The Labute approximate surface area is 140 Å². The summed E-state index contributed by atoms with van der Waals surface area (Å²) < 4.78 is 5.79. The summed E-state index contributed by atoms with van der Waals surface area (Å²) in [6.07, 6.45) is 2.62. The zero-order chi connectivity index (χ0) is 17.1. The highest BCUT2D eigenvalue weighted by Gasteiger charge is 2.24. The smallest absolute Gasteiger partial charge is 0.326 e. The number of aromatic nitrogens is 2. The number of nitrogens with zero attached hydrogens (tertiary/aromatic N) is 2. The molecule has 1 atom stereocenters. The zero-order valence-corrected chi connectivity index (χ0v) is 13.8. The van der Waals surface area contributed by atoms with E-state index in [2.05, 4.69) is 15.3 Å². The zero-order valence-electron chi connectivity index (χ0n) is 13.8. The molecule has 1 aliphatic heterocycles. The average Bonchev–Trinajstić information content (AvgIpc) is 2.74. The maximum Gasteiger partial charge on any atom is 0.326 e. The van der Waals surface area contributed by atoms with Crippen LogP contribution < -0.4 is 10.1 Å². The van der Waals surface area contributed by atoms with Crippen molar-refractivity contribution in [2.45, 2.75) is 32.7 Å². The Morgan fingerprint density at radius 2 is 2.12 bits per heavy atom. The quantitative estimate of drug-likeness (QED) is 0.878. The van der Waals surface area contributed by atoms with Gasteiger partial charge in [-0.05, 0) is 24.5 Å². The van der Waals surface area contributed by atoms with Crippen molar-refractivity contribution in [3.05, 3.63) is 36.2 Å². The van der Waals surface area contributed by atoms with Crippen molar-refractivity contribution in [3.63, 3.8) is 0 Å². The van der Waals surface area contributed by atoms with Gasteiger partial charge in [0.15, 0.2) is 0 Å². The number of carboxylic acid groups (broad SMARTS) is 1. The summed E-state index contributed by atoms with van der Waals surface area (Å²) in [7, 11) is 0. The van der Waals surface area contributed by atoms with Crippen LogP contribution in [0.15, 0.2) is 30.6 Å². The van der Waals surface area contributed by atoms with E-state index >= 15 is 0 Å². The first kappa shape index (κ1) is 16.2. The molecule has 2 N–H and O–H groups in total. The number of anilines is 1. The summed E-state index contributed by atoms with van der Waals surface area (Å²) in [5, 5.41) is 12.6. The predicted molar refractivity (Wildman–Crippen MR) is 91.2 cm³/mol. The summed E-state index contributed by atoms with van der Waals surface area (Å²) >= 11 is 0. The molecule has 0 aliphatic carbocycles. The summed E-state index contributed by atoms with van der Waals surface area (Å²) in [5.41, 5.74) is 2.61. The van der Waals surface area contributed by atoms with Gasteiger partial charge in [-0.1, -0.05) is 26.0 Å². The van der Waals surface area contributed by atoms with Crippen molar-refractivity contribution >= 4 is 11.8 Å². The van der Waals surface area contributed by atoms with Crippen LogP contribution in [0.3, 0.4) is 0 Å². The number of benzene rings is 1. The monoisotopic (exact) mass is 327 g/mol. The molecule has 0 radical (unpaired) electrons. The van der Waals surface area contributed by atoms with Crippen molar-refractivity contribution in [1.29, 1.82) is 0 Å². The van der Waals surface area contributed by atoms with Crippen LogP contribution in [-0.2, 0) is 11.2 Å². The predicted octanol–water partition coefficient (Wildman–Crippen LogP) is 2.99. The number of hydrogen-bond acceptors (Lipinski definition) is 5. The summed E-state index contributed by atoms with van der Waals surface area (Å²) in [4.78, 5) is 20.3. The van der Waals surface area contributed by atoms with Gasteiger partial charge in [-0.15, -0.1) is 0 Å². The first-order valence-electron chi connectivity index (χ1n) is 8.11. The Kier molecular flexibility index (Phi) is 4.64. The molecule has 0 saturated carbocycles. The third-order valence-corrected chi connectivity index (χ3v) is 4.01. The molecular weight excluding hydrogens is 306 g/mol. The lowest BCUT2D eigenvalue weighted by atomic mass is 10.0. The molecule has 1 aromatic heterocycles. The molecule has 1 aliphatic rings. The molecule has 0 amide bonds. The molecule has 1 aromatic carbocycles. The molecular formula is C18H21N3O3. The van der Waals surface area contributed by atoms with Crippen LogP contribution in [0.4, 0.5) is 5.82 Å². The van der Waals surface area contributed by atoms with Crippen molar-refractivity contribution in [1.82, 2.24) is 9.97 Å². The minimum absolute atomic E-state index is 0.267. The van der Waals surface area contributed by atoms with E-state index in [1.165, 1.54) is 6.33 Å². The number of nitrogens with one attached hydrogen (secondary N) is 1. The Morgan fingerprint density at radius 3 is 2.88 bits per heavy atom. The lowest BCUT2D eigenvalue weighted by molar-refractivity contribution is -0.138. The highest BCUT2D eigenvalue weighted by Crippen LogP contribution is 2.35. The van der Waals surface area contributed by atoms with Gasteiger partial charge in [-0.3, -0.25) is 0 Å². The third-order valence-electron chi connectivity index (χ3n) is 4.01. The van der Waals surface area contributed by atoms with Gasteiger partial charge >= 0.3 is 5.97 Å². The van der Waals surface area contributed by atoms with Crippen LogP contribution in [0.2, 0.25) is 0 Å². The second-order valence-electron chi connectivity index (χ2n) is 6.31. The molecule has 6 nitrogen and oxygen atoms in total. The fourth-order valence-electron chi connectivity index (χ4n) is 2.91. The van der Waals surface area contributed by atoms with Gasteiger partial charge in [0.1, 0.15) is 23.9 Å². The molecule has 0 fully saturated rings. The number of rotatable bonds is 5. The first-order chi connectivity index (χ1) is 11.6. The van der Waals surface area contributed by atoms with Crippen molar-refractivity contribution in [2.24, 2.45) is 5.92 Å². The largest absolute Gasteiger partial charge is 0.493 e. The molecule has 2 heterocycles. The molecule has 0 bridgehead atoms. The van der Waals surface area contributed by atoms with Gasteiger partial charge in [0.05, 0.1) is 12.3 Å². The minimum atomic E-state index is -0.874. The van der Waals surface area contributed by atoms with E-state index in [1.54, 1.807) is 0 Å². The summed E-state index contributed by atoms with van der Waals surface area (Å²) in [6, 6.07) is 7.05. The van der Waals surface area contributed by atoms with E-state index in [9.17, 15) is 9.90 Å². The van der Waals surface area contributed by atoms with Crippen LogP contribution in [0, 0.1) is 5.92 Å². The SMILES string of the molecule is CC(C)CC(Nc1ncnc2c1CCOc1ccccc1-2)C(=O)O. The lowest BCUT2D eigenvalue weighted by Crippen LogP contribution is -2.31. The number of ether oxygens (including phenoxy) is 1. The van der Waals surface area contributed by atoms with E-state index in [0.717, 1.165) is 22.6 Å². The Morgan fingerprint density at radius 1 is 1.33 bits per heavy atom. The topological polar surface area (TPSA) is 84.3 Å². The van der Waals surface area contributed by atoms with E-state index in [4.69, 9.17) is 4.74 Å². The lowest BCUT2D eigenvalue weighted by Gasteiger charge is -2.19. The Balaban J connectivity index is 1.99. The molecule has 0 spiro atoms. The van der Waals surface area contributed by atoms with Crippen LogP contribution in [0.5, 0.6) is 5.75 Å². The van der Waals surface area contributed by atoms with Crippen molar-refractivity contribution in [3.8, 4) is 17.0 Å². The van der Waals surface area contributed by atoms with Gasteiger partial charge in [0, 0.05) is 17.5 Å². The second-order valence-corrected chi connectivity index (χ2v) is 6.31. The number of fused-ring (bicyclic) bond motifs is 3. The van der Waals surface area contributed by atoms with Gasteiger partial charge in [-0.2, -0.15) is 0 Å². The van der Waals surface area contributed by atoms with Gasteiger partial charge in [0.2, 0.25) is 0 Å². The highest BCUT2D eigenvalue weighted by atomic mass is 16.5. The summed E-state index contributed by atoms with van der Waals surface area (Å²) in [5.74, 6) is 0.760. The van der Waals surface area contributed by atoms with Crippen molar-refractivity contribution < 1.29 is 14.6 Å². The van der Waals surface area contributed by atoms with E-state index < -0.39 is 12.0 Å². The van der Waals surface area contributed by atoms with Gasteiger partial charge < -0.3 is 15.2 Å². The van der Waals surface area contributed by atoms with E-state index in [0.29, 0.717) is 25.3 Å². The molecule has 24 heavy (non-hydrogen) atoms. The molecule has 126 valence electrons. The second kappa shape index (κ2) is 6.86. The fourth-order valence-corrected chi connectivity index (χ4v) is 2.91. The summed E-state index contributed by atoms with van der Waals surface area (Å²) in [6.45, 7) is 4.51. The molecule has 2 aromatic rings. The standard InChI is InChI=1S/C18H21N3O3/c1-11(2)9-14(18(22)23)21-17-13-7-8-24-15-6-4-3-5-12(15)16(13)19-10-20-17/h3-6,10-11,14H,7-9H2,1-2H3,(H,22,23)(H,19,20,21).